The third-order valence-corrected chi connectivity index (χ3v) is 2.77. The van der Waals surface area contributed by atoms with Crippen LogP contribution in [0.1, 0.15) is 45.4 Å². The number of aliphatic carboxylic acids is 1. The molecule has 90 valence electrons. The number of hydrogen-bond acceptors (Lipinski definition) is 3. The number of carboxylic acids is 1. The van der Waals surface area contributed by atoms with Crippen LogP contribution in [-0.4, -0.2) is 23.7 Å². The third-order valence-electron chi connectivity index (χ3n) is 2.77. The van der Waals surface area contributed by atoms with Crippen LogP contribution < -0.4 is 0 Å². The van der Waals surface area contributed by atoms with Gasteiger partial charge in [-0.15, -0.1) is 0 Å². The molecule has 0 spiro atoms. The van der Waals surface area contributed by atoms with Crippen molar-refractivity contribution in [2.45, 2.75) is 45.4 Å². The minimum Gasteiger partial charge on any atom is -0.478 e. The smallest absolute Gasteiger partial charge is 0.332 e. The van der Waals surface area contributed by atoms with Gasteiger partial charge in [0.1, 0.15) is 0 Å². The molecule has 1 aliphatic rings. The Labute approximate surface area is 95.3 Å². The van der Waals surface area contributed by atoms with Crippen LogP contribution in [0.2, 0.25) is 0 Å². The predicted molar refractivity (Wildman–Crippen MR) is 59.0 cm³/mol. The van der Waals surface area contributed by atoms with E-state index in [1.807, 2.05) is 0 Å². The number of ether oxygens (including phenoxy) is 1. The highest BCUT2D eigenvalue weighted by Gasteiger charge is 2.20. The lowest BCUT2D eigenvalue weighted by atomic mass is 9.90. The molecule has 1 N–H and O–H groups in total. The molecule has 16 heavy (non-hydrogen) atoms. The quantitative estimate of drug-likeness (QED) is 0.590. The molecule has 1 rings (SSSR count). The van der Waals surface area contributed by atoms with Crippen molar-refractivity contribution in [1.82, 2.24) is 0 Å². The Morgan fingerprint density at radius 2 is 1.88 bits per heavy atom. The Bertz CT molecular complexity index is 296. The molecule has 0 heterocycles. The molecule has 0 aromatic rings. The monoisotopic (exact) mass is 226 g/mol. The van der Waals surface area contributed by atoms with Crippen molar-refractivity contribution in [2.75, 3.05) is 6.61 Å². The van der Waals surface area contributed by atoms with Gasteiger partial charge < -0.3 is 9.84 Å². The molecule has 4 nitrogen and oxygen atoms in total. The largest absolute Gasteiger partial charge is 0.478 e. The van der Waals surface area contributed by atoms with E-state index in [2.05, 4.69) is 0 Å². The summed E-state index contributed by atoms with van der Waals surface area (Å²) >= 11 is 0. The van der Waals surface area contributed by atoms with Gasteiger partial charge in [0, 0.05) is 5.57 Å². The molecule has 0 unspecified atom stereocenters. The van der Waals surface area contributed by atoms with Gasteiger partial charge >= 0.3 is 11.9 Å². The molecule has 0 aliphatic heterocycles. The van der Waals surface area contributed by atoms with Gasteiger partial charge in [0.05, 0.1) is 13.0 Å². The zero-order valence-electron chi connectivity index (χ0n) is 9.62. The molecule has 1 fully saturated rings. The molecule has 0 saturated heterocycles. The maximum absolute atomic E-state index is 11.3. The fraction of sp³-hybridized carbons (Fsp3) is 0.667. The highest BCUT2D eigenvalue weighted by molar-refractivity contribution is 5.93. The molecule has 0 amide bonds. The first-order chi connectivity index (χ1) is 7.65. The molecule has 0 aromatic carbocycles. The third kappa shape index (κ3) is 3.68. The van der Waals surface area contributed by atoms with Crippen LogP contribution in [0.4, 0.5) is 0 Å². The van der Waals surface area contributed by atoms with Crippen LogP contribution in [-0.2, 0) is 14.3 Å². The fourth-order valence-corrected chi connectivity index (χ4v) is 1.99. The van der Waals surface area contributed by atoms with Gasteiger partial charge in [-0.3, -0.25) is 4.79 Å². The lowest BCUT2D eigenvalue weighted by molar-refractivity contribution is -0.144. The van der Waals surface area contributed by atoms with Crippen LogP contribution in [0.25, 0.3) is 0 Å². The number of carbonyl (C=O) groups excluding carboxylic acids is 1. The average molecular weight is 226 g/mol. The lowest BCUT2D eigenvalue weighted by Gasteiger charge is -2.16. The topological polar surface area (TPSA) is 63.6 Å². The van der Waals surface area contributed by atoms with E-state index in [9.17, 15) is 9.59 Å². The summed E-state index contributed by atoms with van der Waals surface area (Å²) in [5, 5.41) is 9.08. The maximum atomic E-state index is 11.3. The highest BCUT2D eigenvalue weighted by atomic mass is 16.5. The van der Waals surface area contributed by atoms with Crippen molar-refractivity contribution >= 4 is 11.9 Å². The summed E-state index contributed by atoms with van der Waals surface area (Å²) in [6.07, 6.45) is 4.71. The lowest BCUT2D eigenvalue weighted by Crippen LogP contribution is -2.14. The summed E-state index contributed by atoms with van der Waals surface area (Å²) in [6, 6.07) is 0. The molecular formula is C12H18O4. The zero-order chi connectivity index (χ0) is 12.0. The molecule has 0 radical (unpaired) electrons. The number of hydrogen-bond donors (Lipinski definition) is 1. The summed E-state index contributed by atoms with van der Waals surface area (Å²) in [5.74, 6) is -1.43. The Balaban J connectivity index is 2.73. The minimum atomic E-state index is -0.982. The van der Waals surface area contributed by atoms with Gasteiger partial charge in [0.15, 0.2) is 0 Å². The molecular weight excluding hydrogens is 208 g/mol. The van der Waals surface area contributed by atoms with Gasteiger partial charge in [-0.2, -0.15) is 0 Å². The molecule has 0 atom stereocenters. The van der Waals surface area contributed by atoms with Gasteiger partial charge in [0.25, 0.3) is 0 Å². The van der Waals surface area contributed by atoms with Crippen LogP contribution in [0, 0.1) is 0 Å². The standard InChI is InChI=1S/C12H18O4/c1-2-16-11(13)8-10(12(14)15)9-6-4-3-5-7-9/h2-8H2,1H3,(H,14,15). The molecule has 1 aliphatic carbocycles. The highest BCUT2D eigenvalue weighted by Crippen LogP contribution is 2.27. The van der Waals surface area contributed by atoms with Crippen LogP contribution >= 0.6 is 0 Å². The van der Waals surface area contributed by atoms with Crippen molar-refractivity contribution in [3.63, 3.8) is 0 Å². The first-order valence-corrected chi connectivity index (χ1v) is 5.75. The van der Waals surface area contributed by atoms with E-state index in [-0.39, 0.29) is 12.0 Å². The second-order valence-electron chi connectivity index (χ2n) is 3.93. The van der Waals surface area contributed by atoms with Gasteiger partial charge in [-0.1, -0.05) is 12.0 Å². The summed E-state index contributed by atoms with van der Waals surface area (Å²) in [4.78, 5) is 22.4. The molecule has 1 saturated carbocycles. The maximum Gasteiger partial charge on any atom is 0.332 e. The van der Waals surface area contributed by atoms with E-state index >= 15 is 0 Å². The number of esters is 1. The fourth-order valence-electron chi connectivity index (χ4n) is 1.99. The molecule has 0 bridgehead atoms. The van der Waals surface area contributed by atoms with Crippen molar-refractivity contribution in [3.05, 3.63) is 11.1 Å². The SMILES string of the molecule is CCOC(=O)CC(C(=O)O)=C1CCCCC1. The number of carboxylic acid groups (broad SMARTS) is 1. The zero-order valence-corrected chi connectivity index (χ0v) is 9.62. The number of rotatable bonds is 4. The normalized spacial score (nSPS) is 15.7. The molecule has 0 aromatic heterocycles. The predicted octanol–water partition coefficient (Wildman–Crippen LogP) is 2.28. The van der Waals surface area contributed by atoms with Gasteiger partial charge in [0.2, 0.25) is 0 Å². The van der Waals surface area contributed by atoms with Crippen molar-refractivity contribution < 1.29 is 19.4 Å². The van der Waals surface area contributed by atoms with E-state index < -0.39 is 11.9 Å². The van der Waals surface area contributed by atoms with Crippen LogP contribution in [0.5, 0.6) is 0 Å². The number of carbonyl (C=O) groups is 2. The Kier molecular flexibility index (Phi) is 5.02. The van der Waals surface area contributed by atoms with E-state index in [1.165, 1.54) is 0 Å². The van der Waals surface area contributed by atoms with Gasteiger partial charge in [-0.25, -0.2) is 4.79 Å². The Hall–Kier alpha value is -1.32. The second kappa shape index (κ2) is 6.30. The summed E-state index contributed by atoms with van der Waals surface area (Å²) < 4.78 is 4.78. The van der Waals surface area contributed by atoms with Crippen LogP contribution in [0.15, 0.2) is 11.1 Å². The van der Waals surface area contributed by atoms with E-state index in [0.717, 1.165) is 37.7 Å². The Morgan fingerprint density at radius 3 is 2.38 bits per heavy atom. The van der Waals surface area contributed by atoms with Crippen molar-refractivity contribution in [2.24, 2.45) is 0 Å². The first kappa shape index (κ1) is 12.7. The van der Waals surface area contributed by atoms with Gasteiger partial charge in [-0.05, 0) is 32.6 Å². The van der Waals surface area contributed by atoms with Crippen LogP contribution in [0.3, 0.4) is 0 Å². The van der Waals surface area contributed by atoms with E-state index in [1.54, 1.807) is 6.92 Å². The first-order valence-electron chi connectivity index (χ1n) is 5.75. The van der Waals surface area contributed by atoms with Crippen molar-refractivity contribution in [1.29, 1.82) is 0 Å². The van der Waals surface area contributed by atoms with E-state index in [4.69, 9.17) is 9.84 Å². The summed E-state index contributed by atoms with van der Waals surface area (Å²) in [7, 11) is 0. The number of allylic oxidation sites excluding steroid dienone is 1. The minimum absolute atomic E-state index is 0.0987. The summed E-state index contributed by atoms with van der Waals surface area (Å²) in [6.45, 7) is 2.01. The Morgan fingerprint density at radius 1 is 1.25 bits per heavy atom. The van der Waals surface area contributed by atoms with E-state index in [0.29, 0.717) is 6.61 Å². The average Bonchev–Trinajstić information content (AvgIpc) is 2.27. The summed E-state index contributed by atoms with van der Waals surface area (Å²) in [5.41, 5.74) is 1.17. The van der Waals surface area contributed by atoms with Crippen molar-refractivity contribution in [3.8, 4) is 0 Å². The molecule has 4 heteroatoms. The second-order valence-corrected chi connectivity index (χ2v) is 3.93.